The minimum Gasteiger partial charge on any atom is -0.364 e. The number of benzene rings is 2. The van der Waals surface area contributed by atoms with Crippen LogP contribution in [0.25, 0.3) is 0 Å². The highest BCUT2D eigenvalue weighted by molar-refractivity contribution is 6.08. The van der Waals surface area contributed by atoms with Gasteiger partial charge in [-0.15, -0.1) is 6.58 Å². The number of rotatable bonds is 6. The number of ether oxygens (including phenoxy) is 1. The summed E-state index contributed by atoms with van der Waals surface area (Å²) in [4.78, 5) is 15.0. The van der Waals surface area contributed by atoms with Crippen molar-refractivity contribution in [3.63, 3.8) is 0 Å². The van der Waals surface area contributed by atoms with Crippen LogP contribution in [0.3, 0.4) is 0 Å². The predicted molar refractivity (Wildman–Crippen MR) is 92.4 cm³/mol. The van der Waals surface area contributed by atoms with Crippen LogP contribution in [0.5, 0.6) is 0 Å². The lowest BCUT2D eigenvalue weighted by atomic mass is 9.74. The zero-order valence-electron chi connectivity index (χ0n) is 13.4. The third-order valence-corrected chi connectivity index (χ3v) is 4.46. The minimum absolute atomic E-state index is 0.0873. The Kier molecular flexibility index (Phi) is 4.30. The van der Waals surface area contributed by atoms with Gasteiger partial charge < -0.3 is 4.74 Å². The molecule has 3 nitrogen and oxygen atoms in total. The summed E-state index contributed by atoms with van der Waals surface area (Å²) in [6.07, 6.45) is 3.11. The fourth-order valence-electron chi connectivity index (χ4n) is 3.48. The zero-order chi connectivity index (χ0) is 16.3. The number of anilines is 1. The molecule has 0 radical (unpaired) electrons. The second kappa shape index (κ2) is 6.39. The molecule has 0 fully saturated rings. The van der Waals surface area contributed by atoms with E-state index in [4.69, 9.17) is 4.74 Å². The number of carbonyl (C=O) groups is 1. The average molecular weight is 307 g/mol. The van der Waals surface area contributed by atoms with Gasteiger partial charge in [0.2, 0.25) is 5.91 Å². The van der Waals surface area contributed by atoms with Crippen molar-refractivity contribution in [2.45, 2.75) is 18.3 Å². The summed E-state index contributed by atoms with van der Waals surface area (Å²) in [7, 11) is 1.61. The van der Waals surface area contributed by atoms with Gasteiger partial charge in [0, 0.05) is 7.11 Å². The molecular weight excluding hydrogens is 286 g/mol. The van der Waals surface area contributed by atoms with Gasteiger partial charge in [-0.25, -0.2) is 0 Å². The van der Waals surface area contributed by atoms with Crippen LogP contribution in [-0.4, -0.2) is 19.7 Å². The molecule has 1 heterocycles. The molecule has 1 aliphatic heterocycles. The van der Waals surface area contributed by atoms with Crippen molar-refractivity contribution in [1.29, 1.82) is 0 Å². The molecule has 0 N–H and O–H groups in total. The minimum atomic E-state index is -0.599. The van der Waals surface area contributed by atoms with E-state index in [1.165, 1.54) is 0 Å². The monoisotopic (exact) mass is 307 g/mol. The summed E-state index contributed by atoms with van der Waals surface area (Å²) in [5.74, 6) is 0.0873. The van der Waals surface area contributed by atoms with E-state index in [1.807, 2.05) is 42.5 Å². The highest BCUT2D eigenvalue weighted by atomic mass is 16.5. The summed E-state index contributed by atoms with van der Waals surface area (Å²) in [6.45, 7) is 4.15. The van der Waals surface area contributed by atoms with Crippen LogP contribution in [0.15, 0.2) is 67.3 Å². The maximum Gasteiger partial charge on any atom is 0.240 e. The normalized spacial score (nSPS) is 19.7. The lowest BCUT2D eigenvalue weighted by molar-refractivity contribution is -0.124. The number of hydrogen-bond donors (Lipinski definition) is 0. The highest BCUT2D eigenvalue weighted by Gasteiger charge is 2.49. The number of nitrogens with zero attached hydrogens (tertiary/aromatic N) is 1. The Bertz CT molecular complexity index is 711. The largest absolute Gasteiger partial charge is 0.364 e. The molecule has 0 aliphatic carbocycles. The molecule has 118 valence electrons. The summed E-state index contributed by atoms with van der Waals surface area (Å²) < 4.78 is 5.25. The topological polar surface area (TPSA) is 29.5 Å². The lowest BCUT2D eigenvalue weighted by Gasteiger charge is -2.28. The van der Waals surface area contributed by atoms with Crippen molar-refractivity contribution in [2.24, 2.45) is 0 Å². The average Bonchev–Trinajstić information content (AvgIpc) is 2.80. The van der Waals surface area contributed by atoms with Crippen LogP contribution < -0.4 is 4.90 Å². The van der Waals surface area contributed by atoms with E-state index >= 15 is 0 Å². The van der Waals surface area contributed by atoms with Gasteiger partial charge in [-0.1, -0.05) is 54.6 Å². The van der Waals surface area contributed by atoms with Crippen molar-refractivity contribution < 1.29 is 9.53 Å². The molecule has 3 heteroatoms. The molecule has 1 atom stereocenters. The van der Waals surface area contributed by atoms with Gasteiger partial charge >= 0.3 is 0 Å². The van der Waals surface area contributed by atoms with E-state index in [9.17, 15) is 4.79 Å². The van der Waals surface area contributed by atoms with Crippen LogP contribution >= 0.6 is 0 Å². The van der Waals surface area contributed by atoms with E-state index in [2.05, 4.69) is 24.8 Å². The molecule has 2 aromatic carbocycles. The predicted octanol–water partition coefficient (Wildman–Crippen LogP) is 3.69. The van der Waals surface area contributed by atoms with E-state index in [0.717, 1.165) is 16.8 Å². The highest BCUT2D eigenvalue weighted by Crippen LogP contribution is 2.46. The Labute approximate surface area is 137 Å². The van der Waals surface area contributed by atoms with Crippen LogP contribution in [-0.2, 0) is 21.4 Å². The number of fused-ring (bicyclic) bond motifs is 1. The SMILES string of the molecule is C=CC[C@]1(Cc2ccccc2)C(=O)N(COC)c2ccccc21. The number of amides is 1. The lowest BCUT2D eigenvalue weighted by Crippen LogP contribution is -2.42. The fourth-order valence-corrected chi connectivity index (χ4v) is 3.48. The van der Waals surface area contributed by atoms with Crippen molar-refractivity contribution in [3.05, 3.63) is 78.4 Å². The molecule has 0 spiro atoms. The molecular formula is C20H21NO2. The number of hydrogen-bond acceptors (Lipinski definition) is 2. The first-order chi connectivity index (χ1) is 11.2. The molecule has 2 aromatic rings. The number of methoxy groups -OCH3 is 1. The molecule has 0 unspecified atom stereocenters. The first-order valence-corrected chi connectivity index (χ1v) is 7.78. The van der Waals surface area contributed by atoms with Gasteiger partial charge in [0.15, 0.2) is 0 Å². The van der Waals surface area contributed by atoms with E-state index < -0.39 is 5.41 Å². The Hall–Kier alpha value is -2.39. The molecule has 0 bridgehead atoms. The molecule has 1 amide bonds. The summed E-state index contributed by atoms with van der Waals surface area (Å²) in [5, 5.41) is 0. The summed E-state index contributed by atoms with van der Waals surface area (Å²) in [6, 6.07) is 18.1. The molecule has 0 saturated carbocycles. The van der Waals surface area contributed by atoms with Crippen LogP contribution in [0.4, 0.5) is 5.69 Å². The van der Waals surface area contributed by atoms with Gasteiger partial charge in [0.25, 0.3) is 0 Å². The first-order valence-electron chi connectivity index (χ1n) is 7.78. The number of allylic oxidation sites excluding steroid dienone is 1. The van der Waals surface area contributed by atoms with Crippen LogP contribution in [0.2, 0.25) is 0 Å². The fraction of sp³-hybridized carbons (Fsp3) is 0.250. The molecule has 1 aliphatic rings. The van der Waals surface area contributed by atoms with Crippen molar-refractivity contribution >= 4 is 11.6 Å². The molecule has 23 heavy (non-hydrogen) atoms. The maximum atomic E-state index is 13.3. The number of para-hydroxylation sites is 1. The number of carbonyl (C=O) groups excluding carboxylic acids is 1. The van der Waals surface area contributed by atoms with Crippen molar-refractivity contribution in [1.82, 2.24) is 0 Å². The third-order valence-electron chi connectivity index (χ3n) is 4.46. The van der Waals surface area contributed by atoms with Crippen molar-refractivity contribution in [2.75, 3.05) is 18.7 Å². The van der Waals surface area contributed by atoms with Crippen LogP contribution in [0, 0.1) is 0 Å². The molecule has 0 saturated heterocycles. The van der Waals surface area contributed by atoms with Gasteiger partial charge in [-0.05, 0) is 30.0 Å². The Morgan fingerprint density at radius 1 is 1.13 bits per heavy atom. The van der Waals surface area contributed by atoms with Gasteiger partial charge in [-0.3, -0.25) is 9.69 Å². The Morgan fingerprint density at radius 3 is 2.52 bits per heavy atom. The second-order valence-corrected chi connectivity index (χ2v) is 5.91. The smallest absolute Gasteiger partial charge is 0.240 e. The van der Waals surface area contributed by atoms with Gasteiger partial charge in [0.05, 0.1) is 11.1 Å². The standard InChI is InChI=1S/C20H21NO2/c1-3-13-20(14-16-9-5-4-6-10-16)17-11-7-8-12-18(17)21(15-23-2)19(20)22/h3-12H,1,13-15H2,2H3/t20-/m1/s1. The van der Waals surface area contributed by atoms with Gasteiger partial charge in [0.1, 0.15) is 6.73 Å². The van der Waals surface area contributed by atoms with E-state index in [0.29, 0.717) is 12.8 Å². The first kappa shape index (κ1) is 15.5. The van der Waals surface area contributed by atoms with Gasteiger partial charge in [-0.2, -0.15) is 0 Å². The van der Waals surface area contributed by atoms with E-state index in [1.54, 1.807) is 12.0 Å². The Balaban J connectivity index is 2.11. The third kappa shape index (κ3) is 2.57. The van der Waals surface area contributed by atoms with Crippen molar-refractivity contribution in [3.8, 4) is 0 Å². The molecule has 3 rings (SSSR count). The summed E-state index contributed by atoms with van der Waals surface area (Å²) >= 11 is 0. The van der Waals surface area contributed by atoms with E-state index in [-0.39, 0.29) is 12.6 Å². The molecule has 0 aromatic heterocycles. The quantitative estimate of drug-likeness (QED) is 0.762. The zero-order valence-corrected chi connectivity index (χ0v) is 13.4. The summed E-state index contributed by atoms with van der Waals surface area (Å²) in [5.41, 5.74) is 2.55. The maximum absolute atomic E-state index is 13.3. The second-order valence-electron chi connectivity index (χ2n) is 5.91. The van der Waals surface area contributed by atoms with Crippen LogP contribution in [0.1, 0.15) is 17.5 Å². The Morgan fingerprint density at radius 2 is 1.83 bits per heavy atom.